The van der Waals surface area contributed by atoms with Crippen molar-refractivity contribution < 1.29 is 0 Å². The minimum Gasteiger partial charge on any atom is -0.397 e. The predicted molar refractivity (Wildman–Crippen MR) is 61.2 cm³/mol. The second-order valence-electron chi connectivity index (χ2n) is 3.18. The van der Waals surface area contributed by atoms with Crippen molar-refractivity contribution in [1.29, 1.82) is 0 Å². The number of benzene rings is 1. The highest BCUT2D eigenvalue weighted by Crippen LogP contribution is 2.16. The molecule has 1 aromatic carbocycles. The maximum absolute atomic E-state index is 5.79. The molecule has 0 saturated heterocycles. The van der Waals surface area contributed by atoms with E-state index in [4.69, 9.17) is 11.6 Å². The molecule has 5 N–H and O–H groups in total. The summed E-state index contributed by atoms with van der Waals surface area (Å²) in [6.45, 7) is 0. The molecule has 0 bridgehead atoms. The zero-order valence-electron chi connectivity index (χ0n) is 8.14. The van der Waals surface area contributed by atoms with Crippen molar-refractivity contribution in [2.45, 2.75) is 0 Å². The van der Waals surface area contributed by atoms with Crippen molar-refractivity contribution in [3.8, 4) is 0 Å². The fourth-order valence-corrected chi connectivity index (χ4v) is 1.42. The van der Waals surface area contributed by atoms with E-state index in [0.29, 0.717) is 5.70 Å². The van der Waals surface area contributed by atoms with Crippen molar-refractivity contribution in [2.24, 2.45) is 11.6 Å². The van der Waals surface area contributed by atoms with Crippen LogP contribution in [0.25, 0.3) is 16.6 Å². The van der Waals surface area contributed by atoms with E-state index in [-0.39, 0.29) is 0 Å². The lowest BCUT2D eigenvalue weighted by atomic mass is 10.1. The van der Waals surface area contributed by atoms with Gasteiger partial charge in [-0.1, -0.05) is 18.2 Å². The standard InChI is InChI=1S/C11H12N4/c12-10(7-15-13)9-4-3-8-2-1-5-14-11(8)6-9/h1-7,15H,12-13H2/b10-7-. The van der Waals surface area contributed by atoms with Gasteiger partial charge >= 0.3 is 0 Å². The molecule has 0 aliphatic carbocycles. The smallest absolute Gasteiger partial charge is 0.0708 e. The number of pyridine rings is 1. The first-order valence-corrected chi connectivity index (χ1v) is 4.58. The van der Waals surface area contributed by atoms with Crippen molar-refractivity contribution in [1.82, 2.24) is 10.4 Å². The Kier molecular flexibility index (Phi) is 2.51. The fourth-order valence-electron chi connectivity index (χ4n) is 1.42. The summed E-state index contributed by atoms with van der Waals surface area (Å²) in [7, 11) is 0. The zero-order valence-corrected chi connectivity index (χ0v) is 8.14. The first kappa shape index (κ1) is 9.48. The van der Waals surface area contributed by atoms with Crippen LogP contribution in [0.2, 0.25) is 0 Å². The van der Waals surface area contributed by atoms with Gasteiger partial charge in [0.2, 0.25) is 0 Å². The lowest BCUT2D eigenvalue weighted by Crippen LogP contribution is -2.16. The highest BCUT2D eigenvalue weighted by Gasteiger charge is 1.98. The van der Waals surface area contributed by atoms with Crippen LogP contribution in [-0.2, 0) is 0 Å². The van der Waals surface area contributed by atoms with Crippen LogP contribution < -0.4 is 17.0 Å². The van der Waals surface area contributed by atoms with Crippen molar-refractivity contribution in [3.63, 3.8) is 0 Å². The van der Waals surface area contributed by atoms with Gasteiger partial charge in [0.1, 0.15) is 0 Å². The third-order valence-electron chi connectivity index (χ3n) is 2.18. The number of hydrogen-bond donors (Lipinski definition) is 3. The molecule has 2 rings (SSSR count). The number of hydrogen-bond acceptors (Lipinski definition) is 4. The minimum absolute atomic E-state index is 0.588. The molecule has 0 saturated carbocycles. The van der Waals surface area contributed by atoms with Gasteiger partial charge in [-0.05, 0) is 12.1 Å². The van der Waals surface area contributed by atoms with Gasteiger partial charge in [0.05, 0.1) is 11.2 Å². The monoisotopic (exact) mass is 200 g/mol. The van der Waals surface area contributed by atoms with Crippen LogP contribution in [0, 0.1) is 0 Å². The van der Waals surface area contributed by atoms with E-state index in [2.05, 4.69) is 10.4 Å². The van der Waals surface area contributed by atoms with Gasteiger partial charge in [0, 0.05) is 23.3 Å². The maximum atomic E-state index is 5.79. The van der Waals surface area contributed by atoms with E-state index < -0.39 is 0 Å². The molecule has 76 valence electrons. The Labute approximate surface area is 87.6 Å². The molecule has 1 heterocycles. The third-order valence-corrected chi connectivity index (χ3v) is 2.18. The molecule has 0 unspecified atom stereocenters. The Bertz CT molecular complexity index is 505. The van der Waals surface area contributed by atoms with Crippen LogP contribution >= 0.6 is 0 Å². The van der Waals surface area contributed by atoms with Gasteiger partial charge in [-0.3, -0.25) is 10.8 Å². The second-order valence-corrected chi connectivity index (χ2v) is 3.18. The molecule has 0 radical (unpaired) electrons. The number of nitrogens with one attached hydrogen (secondary N) is 1. The highest BCUT2D eigenvalue weighted by atomic mass is 15.2. The average molecular weight is 200 g/mol. The Balaban J connectivity index is 2.51. The van der Waals surface area contributed by atoms with Gasteiger partial charge in [0.25, 0.3) is 0 Å². The molecule has 0 amide bonds. The molecule has 2 aromatic rings. The largest absolute Gasteiger partial charge is 0.397 e. The van der Waals surface area contributed by atoms with Crippen LogP contribution in [0.15, 0.2) is 42.7 Å². The molecular formula is C11H12N4. The summed E-state index contributed by atoms with van der Waals surface area (Å²) in [5.74, 6) is 5.16. The van der Waals surface area contributed by atoms with E-state index in [1.807, 2.05) is 30.3 Å². The number of rotatable bonds is 2. The minimum atomic E-state index is 0.588. The average Bonchev–Trinajstić information content (AvgIpc) is 2.29. The fraction of sp³-hybridized carbons (Fsp3) is 0. The molecule has 0 fully saturated rings. The molecule has 0 spiro atoms. The maximum Gasteiger partial charge on any atom is 0.0708 e. The third kappa shape index (κ3) is 1.89. The zero-order chi connectivity index (χ0) is 10.7. The summed E-state index contributed by atoms with van der Waals surface area (Å²) in [5, 5.41) is 1.09. The van der Waals surface area contributed by atoms with E-state index >= 15 is 0 Å². The van der Waals surface area contributed by atoms with Crippen molar-refractivity contribution in [3.05, 3.63) is 48.3 Å². The van der Waals surface area contributed by atoms with Gasteiger partial charge in [-0.2, -0.15) is 0 Å². The Morgan fingerprint density at radius 3 is 3.00 bits per heavy atom. The highest BCUT2D eigenvalue weighted by molar-refractivity contribution is 5.82. The summed E-state index contributed by atoms with van der Waals surface area (Å²) in [4.78, 5) is 4.25. The number of nitrogens with two attached hydrogens (primary N) is 2. The molecule has 4 heteroatoms. The molecule has 0 atom stereocenters. The van der Waals surface area contributed by atoms with Gasteiger partial charge in [-0.15, -0.1) is 0 Å². The first-order valence-electron chi connectivity index (χ1n) is 4.58. The Hall–Kier alpha value is -2.07. The topological polar surface area (TPSA) is 77.0 Å². The van der Waals surface area contributed by atoms with Gasteiger partial charge in [0.15, 0.2) is 0 Å². The number of fused-ring (bicyclic) bond motifs is 1. The van der Waals surface area contributed by atoms with Crippen LogP contribution in [0.1, 0.15) is 5.56 Å². The van der Waals surface area contributed by atoms with Crippen molar-refractivity contribution in [2.75, 3.05) is 0 Å². The van der Waals surface area contributed by atoms with Gasteiger partial charge < -0.3 is 11.2 Å². The molecule has 0 aliphatic heterocycles. The van der Waals surface area contributed by atoms with Gasteiger partial charge in [-0.25, -0.2) is 0 Å². The molecule has 15 heavy (non-hydrogen) atoms. The number of nitrogens with zero attached hydrogens (tertiary/aromatic N) is 1. The van der Waals surface area contributed by atoms with Crippen LogP contribution in [-0.4, -0.2) is 4.98 Å². The Morgan fingerprint density at radius 1 is 1.33 bits per heavy atom. The summed E-state index contributed by atoms with van der Waals surface area (Å²) in [6, 6.07) is 9.76. The molecule has 0 aliphatic rings. The molecular weight excluding hydrogens is 188 g/mol. The summed E-state index contributed by atoms with van der Waals surface area (Å²) in [5.41, 5.74) is 10.6. The number of aromatic nitrogens is 1. The SMILES string of the molecule is NN/C=C(\N)c1ccc2cccnc2c1. The summed E-state index contributed by atoms with van der Waals surface area (Å²) >= 11 is 0. The normalized spacial score (nSPS) is 11.7. The van der Waals surface area contributed by atoms with Crippen LogP contribution in [0.4, 0.5) is 0 Å². The van der Waals surface area contributed by atoms with Crippen LogP contribution in [0.5, 0.6) is 0 Å². The van der Waals surface area contributed by atoms with Crippen molar-refractivity contribution >= 4 is 16.6 Å². The second kappa shape index (κ2) is 3.98. The van der Waals surface area contributed by atoms with Crippen LogP contribution in [0.3, 0.4) is 0 Å². The summed E-state index contributed by atoms with van der Waals surface area (Å²) < 4.78 is 0. The lowest BCUT2D eigenvalue weighted by Gasteiger charge is -2.03. The van der Waals surface area contributed by atoms with E-state index in [9.17, 15) is 0 Å². The van der Waals surface area contributed by atoms with E-state index in [1.165, 1.54) is 0 Å². The summed E-state index contributed by atoms with van der Waals surface area (Å²) in [6.07, 6.45) is 3.30. The van der Waals surface area contributed by atoms with E-state index in [0.717, 1.165) is 16.5 Å². The quantitative estimate of drug-likeness (QED) is 0.498. The predicted octanol–water partition coefficient (Wildman–Crippen LogP) is 0.955. The number of hydrazine groups is 1. The lowest BCUT2D eigenvalue weighted by molar-refractivity contribution is 0.967. The van der Waals surface area contributed by atoms with E-state index in [1.54, 1.807) is 12.4 Å². The Morgan fingerprint density at radius 2 is 2.20 bits per heavy atom. The molecule has 1 aromatic heterocycles. The molecule has 4 nitrogen and oxygen atoms in total. The first-order chi connectivity index (χ1) is 7.31.